The lowest BCUT2D eigenvalue weighted by Gasteiger charge is -2.44. The van der Waals surface area contributed by atoms with Crippen molar-refractivity contribution >= 4 is 5.91 Å². The molecule has 0 aromatic rings. The van der Waals surface area contributed by atoms with E-state index in [9.17, 15) is 9.90 Å². The van der Waals surface area contributed by atoms with E-state index in [1.165, 1.54) is 64.2 Å². The third-order valence-corrected chi connectivity index (χ3v) is 8.06. The topological polar surface area (TPSA) is 53.0 Å². The first kappa shape index (κ1) is 21.6. The van der Waals surface area contributed by atoms with Crippen LogP contribution in [0.1, 0.15) is 77.0 Å². The van der Waals surface area contributed by atoms with Gasteiger partial charge in [0.2, 0.25) is 5.91 Å². The zero-order chi connectivity index (χ0) is 20.1. The van der Waals surface area contributed by atoms with E-state index in [0.29, 0.717) is 12.0 Å². The van der Waals surface area contributed by atoms with Crippen LogP contribution in [0.5, 0.6) is 0 Å². The normalized spacial score (nSPS) is 30.0. The molecule has 0 atom stereocenters. The zero-order valence-electron chi connectivity index (χ0n) is 18.3. The van der Waals surface area contributed by atoms with Crippen LogP contribution in [0, 0.1) is 17.8 Å². The second-order valence-corrected chi connectivity index (χ2v) is 10.3. The molecule has 4 aliphatic rings. The molecular formula is C24H42N2O3. The van der Waals surface area contributed by atoms with Crippen molar-refractivity contribution in [1.82, 2.24) is 9.80 Å². The summed E-state index contributed by atoms with van der Waals surface area (Å²) in [6, 6.07) is 1.06. The fourth-order valence-corrected chi connectivity index (χ4v) is 5.94. The van der Waals surface area contributed by atoms with Gasteiger partial charge < -0.3 is 19.6 Å². The van der Waals surface area contributed by atoms with Crippen LogP contribution in [0.3, 0.4) is 0 Å². The number of aliphatic hydroxyl groups excluding tert-OH is 1. The maximum Gasteiger partial charge on any atom is 0.248 e. The van der Waals surface area contributed by atoms with Gasteiger partial charge >= 0.3 is 0 Å². The molecule has 0 unspecified atom stereocenters. The van der Waals surface area contributed by atoms with Gasteiger partial charge in [0, 0.05) is 44.9 Å². The predicted octanol–water partition coefficient (Wildman–Crippen LogP) is 3.45. The van der Waals surface area contributed by atoms with Gasteiger partial charge in [-0.2, -0.15) is 0 Å². The number of hydrogen-bond donors (Lipinski definition) is 1. The average Bonchev–Trinajstić information content (AvgIpc) is 3.44. The van der Waals surface area contributed by atoms with E-state index in [4.69, 9.17) is 4.74 Å². The number of ether oxygens (including phenoxy) is 1. The van der Waals surface area contributed by atoms with Crippen LogP contribution < -0.4 is 0 Å². The van der Waals surface area contributed by atoms with Gasteiger partial charge in [0.1, 0.15) is 6.61 Å². The lowest BCUT2D eigenvalue weighted by atomic mass is 9.85. The van der Waals surface area contributed by atoms with Crippen LogP contribution in [0.4, 0.5) is 0 Å². The first-order valence-electron chi connectivity index (χ1n) is 12.4. The van der Waals surface area contributed by atoms with Crippen molar-refractivity contribution in [2.24, 2.45) is 17.8 Å². The maximum atomic E-state index is 12.4. The Bertz CT molecular complexity index is 502. The second kappa shape index (κ2) is 10.6. The Morgan fingerprint density at radius 3 is 1.97 bits per heavy atom. The summed E-state index contributed by atoms with van der Waals surface area (Å²) in [5.41, 5.74) is 0. The number of carbonyl (C=O) groups is 1. The van der Waals surface area contributed by atoms with Crippen molar-refractivity contribution in [3.05, 3.63) is 0 Å². The summed E-state index contributed by atoms with van der Waals surface area (Å²) in [5.74, 6) is 2.24. The highest BCUT2D eigenvalue weighted by Gasteiger charge is 2.33. The van der Waals surface area contributed by atoms with Crippen molar-refractivity contribution in [1.29, 1.82) is 0 Å². The summed E-state index contributed by atoms with van der Waals surface area (Å²) in [6.45, 7) is 4.73. The largest absolute Gasteiger partial charge is 0.387 e. The predicted molar refractivity (Wildman–Crippen MR) is 115 cm³/mol. The SMILES string of the molecule is O=C(CO)N(CC1CCCC1)C1CCN(C2CCC(COCC3CC3)CC2)CC1. The Kier molecular flexibility index (Phi) is 7.88. The van der Waals surface area contributed by atoms with Crippen molar-refractivity contribution in [3.8, 4) is 0 Å². The van der Waals surface area contributed by atoms with Crippen LogP contribution in [0.15, 0.2) is 0 Å². The minimum Gasteiger partial charge on any atom is -0.387 e. The standard InChI is InChI=1S/C24H42N2O3/c27-16-24(28)26(15-19-3-1-2-4-19)23-11-13-25(14-12-23)22-9-7-21(8-10-22)18-29-17-20-5-6-20/h19-23,27H,1-18H2. The minimum absolute atomic E-state index is 0.0537. The molecule has 0 radical (unpaired) electrons. The molecule has 0 bridgehead atoms. The highest BCUT2D eigenvalue weighted by Crippen LogP contribution is 2.33. The number of likely N-dealkylation sites (tertiary alicyclic amines) is 1. The van der Waals surface area contributed by atoms with E-state index < -0.39 is 0 Å². The van der Waals surface area contributed by atoms with Crippen LogP contribution >= 0.6 is 0 Å². The average molecular weight is 407 g/mol. The third-order valence-electron chi connectivity index (χ3n) is 8.06. The zero-order valence-corrected chi connectivity index (χ0v) is 18.3. The molecule has 0 spiro atoms. The molecule has 1 saturated heterocycles. The molecule has 1 N–H and O–H groups in total. The molecule has 0 aromatic carbocycles. The monoisotopic (exact) mass is 406 g/mol. The molecule has 3 aliphatic carbocycles. The van der Waals surface area contributed by atoms with E-state index in [2.05, 4.69) is 4.90 Å². The van der Waals surface area contributed by atoms with Gasteiger partial charge in [0.25, 0.3) is 0 Å². The number of carbonyl (C=O) groups excluding carboxylic acids is 1. The Balaban J connectivity index is 1.18. The minimum atomic E-state index is -0.334. The summed E-state index contributed by atoms with van der Waals surface area (Å²) in [7, 11) is 0. The second-order valence-electron chi connectivity index (χ2n) is 10.3. The van der Waals surface area contributed by atoms with Gasteiger partial charge in [0.15, 0.2) is 0 Å². The van der Waals surface area contributed by atoms with E-state index in [-0.39, 0.29) is 12.5 Å². The first-order chi connectivity index (χ1) is 14.2. The molecule has 0 aromatic heterocycles. The molecule has 4 rings (SSSR count). The molecule has 29 heavy (non-hydrogen) atoms. The molecule has 5 heteroatoms. The fourth-order valence-electron chi connectivity index (χ4n) is 5.94. The summed E-state index contributed by atoms with van der Waals surface area (Å²) in [5, 5.41) is 9.47. The Labute approximate surface area is 177 Å². The van der Waals surface area contributed by atoms with Gasteiger partial charge in [-0.05, 0) is 82.0 Å². The summed E-state index contributed by atoms with van der Waals surface area (Å²) in [6.07, 6.45) is 15.3. The molecule has 1 aliphatic heterocycles. The third kappa shape index (κ3) is 6.18. The molecular weight excluding hydrogens is 364 g/mol. The van der Waals surface area contributed by atoms with Crippen molar-refractivity contribution < 1.29 is 14.6 Å². The Morgan fingerprint density at radius 1 is 0.828 bits per heavy atom. The van der Waals surface area contributed by atoms with Gasteiger partial charge in [-0.15, -0.1) is 0 Å². The lowest BCUT2D eigenvalue weighted by molar-refractivity contribution is -0.138. The molecule has 4 fully saturated rings. The molecule has 1 amide bonds. The van der Waals surface area contributed by atoms with E-state index in [0.717, 1.165) is 63.6 Å². The molecule has 1 heterocycles. The van der Waals surface area contributed by atoms with Gasteiger partial charge in [-0.3, -0.25) is 4.79 Å². The smallest absolute Gasteiger partial charge is 0.248 e. The van der Waals surface area contributed by atoms with Crippen molar-refractivity contribution in [2.45, 2.75) is 89.1 Å². The van der Waals surface area contributed by atoms with E-state index in [1.54, 1.807) is 0 Å². The van der Waals surface area contributed by atoms with E-state index >= 15 is 0 Å². The van der Waals surface area contributed by atoms with Crippen LogP contribution in [0.2, 0.25) is 0 Å². The number of hydrogen-bond acceptors (Lipinski definition) is 4. The summed E-state index contributed by atoms with van der Waals surface area (Å²) in [4.78, 5) is 17.1. The first-order valence-corrected chi connectivity index (χ1v) is 12.4. The number of piperidine rings is 1. The van der Waals surface area contributed by atoms with Gasteiger partial charge in [0.05, 0.1) is 0 Å². The number of amides is 1. The van der Waals surface area contributed by atoms with Gasteiger partial charge in [-0.1, -0.05) is 12.8 Å². The van der Waals surface area contributed by atoms with Crippen LogP contribution in [0.25, 0.3) is 0 Å². The molecule has 166 valence electrons. The van der Waals surface area contributed by atoms with Crippen molar-refractivity contribution in [3.63, 3.8) is 0 Å². The highest BCUT2D eigenvalue weighted by atomic mass is 16.5. The van der Waals surface area contributed by atoms with E-state index in [1.807, 2.05) is 4.90 Å². The molecule has 5 nitrogen and oxygen atoms in total. The Morgan fingerprint density at radius 2 is 1.41 bits per heavy atom. The van der Waals surface area contributed by atoms with Crippen LogP contribution in [-0.2, 0) is 9.53 Å². The number of aliphatic hydroxyl groups is 1. The number of nitrogens with zero attached hydrogens (tertiary/aromatic N) is 2. The number of rotatable bonds is 9. The molecule has 3 saturated carbocycles. The maximum absolute atomic E-state index is 12.4. The summed E-state index contributed by atoms with van der Waals surface area (Å²) < 4.78 is 5.93. The summed E-state index contributed by atoms with van der Waals surface area (Å²) >= 11 is 0. The van der Waals surface area contributed by atoms with Gasteiger partial charge in [-0.25, -0.2) is 0 Å². The lowest BCUT2D eigenvalue weighted by Crippen LogP contribution is -2.52. The van der Waals surface area contributed by atoms with Crippen LogP contribution in [-0.4, -0.2) is 72.4 Å². The highest BCUT2D eigenvalue weighted by molar-refractivity contribution is 5.77. The Hall–Kier alpha value is -0.650. The van der Waals surface area contributed by atoms with Crippen molar-refractivity contribution in [2.75, 3.05) is 39.5 Å². The quantitative estimate of drug-likeness (QED) is 0.637. The fraction of sp³-hybridized carbons (Fsp3) is 0.958.